The van der Waals surface area contributed by atoms with Crippen LogP contribution in [0.1, 0.15) is 35.6 Å². The molecule has 0 aliphatic carbocycles. The largest absolute Gasteiger partial charge is 0.368 e. The number of nitrogens with zero attached hydrogens (tertiary/aromatic N) is 3. The fraction of sp³-hybridized carbons (Fsp3) is 0.214. The van der Waals surface area contributed by atoms with Crippen LogP contribution in [-0.4, -0.2) is 33.1 Å². The van der Waals surface area contributed by atoms with Crippen LogP contribution in [0.4, 0.5) is 5.82 Å². The van der Waals surface area contributed by atoms with Crippen molar-refractivity contribution in [3.63, 3.8) is 0 Å². The summed E-state index contributed by atoms with van der Waals surface area (Å²) in [4.78, 5) is 28.8. The minimum atomic E-state index is -0.535. The van der Waals surface area contributed by atoms with Crippen molar-refractivity contribution in [2.45, 2.75) is 32.4 Å². The summed E-state index contributed by atoms with van der Waals surface area (Å²) in [6, 6.07) is 21.2. The SMILES string of the molecule is Cc1ccc([C@H](C)CN[C@@H](C(=O)Nc2ccc(-c3cnn(CC(N)=O)c3)cn2)c2ccccc2)cc1. The molecule has 2 atom stereocenters. The Morgan fingerprint density at radius 2 is 1.69 bits per heavy atom. The third-order valence-corrected chi connectivity index (χ3v) is 5.97. The maximum Gasteiger partial charge on any atom is 0.247 e. The smallest absolute Gasteiger partial charge is 0.247 e. The lowest BCUT2D eigenvalue weighted by Gasteiger charge is -2.21. The first-order chi connectivity index (χ1) is 17.4. The van der Waals surface area contributed by atoms with E-state index in [2.05, 4.69) is 58.8 Å². The summed E-state index contributed by atoms with van der Waals surface area (Å²) in [7, 11) is 0. The number of aromatic nitrogens is 3. The van der Waals surface area contributed by atoms with Crippen LogP contribution in [-0.2, 0) is 16.1 Å². The zero-order chi connectivity index (χ0) is 25.5. The van der Waals surface area contributed by atoms with Crippen LogP contribution >= 0.6 is 0 Å². The van der Waals surface area contributed by atoms with Crippen molar-refractivity contribution in [3.05, 3.63) is 102 Å². The number of aryl methyl sites for hydroxylation is 1. The van der Waals surface area contributed by atoms with E-state index in [0.29, 0.717) is 12.4 Å². The van der Waals surface area contributed by atoms with Crippen molar-refractivity contribution in [1.82, 2.24) is 20.1 Å². The lowest BCUT2D eigenvalue weighted by atomic mass is 9.98. The molecule has 2 aromatic carbocycles. The maximum absolute atomic E-state index is 13.3. The van der Waals surface area contributed by atoms with E-state index in [1.54, 1.807) is 24.7 Å². The third kappa shape index (κ3) is 6.43. The van der Waals surface area contributed by atoms with Gasteiger partial charge < -0.3 is 16.4 Å². The van der Waals surface area contributed by atoms with Gasteiger partial charge in [-0.3, -0.25) is 14.3 Å². The van der Waals surface area contributed by atoms with Crippen LogP contribution in [0, 0.1) is 6.92 Å². The zero-order valence-electron chi connectivity index (χ0n) is 20.4. The molecule has 4 N–H and O–H groups in total. The normalized spacial score (nSPS) is 12.6. The number of anilines is 1. The summed E-state index contributed by atoms with van der Waals surface area (Å²) in [5, 5.41) is 10.5. The minimum Gasteiger partial charge on any atom is -0.368 e. The van der Waals surface area contributed by atoms with Crippen molar-refractivity contribution in [2.75, 3.05) is 11.9 Å². The van der Waals surface area contributed by atoms with Crippen LogP contribution in [0.15, 0.2) is 85.3 Å². The van der Waals surface area contributed by atoms with Gasteiger partial charge in [0.25, 0.3) is 0 Å². The highest BCUT2D eigenvalue weighted by Crippen LogP contribution is 2.21. The molecule has 0 saturated carbocycles. The van der Waals surface area contributed by atoms with E-state index >= 15 is 0 Å². The van der Waals surface area contributed by atoms with E-state index in [4.69, 9.17) is 5.73 Å². The lowest BCUT2D eigenvalue weighted by Crippen LogP contribution is -2.35. The summed E-state index contributed by atoms with van der Waals surface area (Å²) < 4.78 is 1.47. The quantitative estimate of drug-likeness (QED) is 0.318. The molecule has 8 heteroatoms. The minimum absolute atomic E-state index is 0.0119. The first kappa shape index (κ1) is 24.8. The first-order valence-electron chi connectivity index (χ1n) is 11.8. The van der Waals surface area contributed by atoms with E-state index in [0.717, 1.165) is 16.7 Å². The Bertz CT molecular complexity index is 1300. The highest BCUT2D eigenvalue weighted by Gasteiger charge is 2.22. The molecular weight excluding hydrogens is 452 g/mol. The molecule has 2 heterocycles. The summed E-state index contributed by atoms with van der Waals surface area (Å²) in [5.74, 6) is 0.0302. The number of benzene rings is 2. The first-order valence-corrected chi connectivity index (χ1v) is 11.8. The number of carbonyl (C=O) groups excluding carboxylic acids is 2. The number of pyridine rings is 1. The van der Waals surface area contributed by atoms with Gasteiger partial charge in [0.15, 0.2) is 0 Å². The highest BCUT2D eigenvalue weighted by molar-refractivity contribution is 5.95. The Morgan fingerprint density at radius 1 is 0.944 bits per heavy atom. The summed E-state index contributed by atoms with van der Waals surface area (Å²) in [5.41, 5.74) is 10.2. The van der Waals surface area contributed by atoms with E-state index < -0.39 is 11.9 Å². The fourth-order valence-corrected chi connectivity index (χ4v) is 3.91. The Kier molecular flexibility index (Phi) is 7.87. The standard InChI is InChI=1S/C28H30N6O2/c1-19-8-10-21(11-9-19)20(2)14-31-27(22-6-4-3-5-7-22)28(36)33-26-13-12-23(15-30-26)24-16-32-34(17-24)18-25(29)35/h3-13,15-17,20,27,31H,14,18H2,1-2H3,(H2,29,35)(H,30,33,36)/t20-,27-/m1/s1. The third-order valence-electron chi connectivity index (χ3n) is 5.97. The monoisotopic (exact) mass is 482 g/mol. The number of rotatable bonds is 10. The molecule has 184 valence electrons. The number of hydrogen-bond donors (Lipinski definition) is 3. The molecule has 0 fully saturated rings. The van der Waals surface area contributed by atoms with Gasteiger partial charge >= 0.3 is 0 Å². The number of hydrogen-bond acceptors (Lipinski definition) is 5. The number of primary amides is 1. The molecule has 0 aliphatic rings. The molecule has 2 amide bonds. The Balaban J connectivity index is 1.44. The highest BCUT2D eigenvalue weighted by atomic mass is 16.2. The molecule has 0 saturated heterocycles. The van der Waals surface area contributed by atoms with Crippen LogP contribution < -0.4 is 16.4 Å². The number of nitrogens with two attached hydrogens (primary N) is 1. The summed E-state index contributed by atoms with van der Waals surface area (Å²) in [6.45, 7) is 4.86. The van der Waals surface area contributed by atoms with Crippen LogP contribution in [0.2, 0.25) is 0 Å². The Labute approximate surface area is 210 Å². The molecule has 0 unspecified atom stereocenters. The molecule has 8 nitrogen and oxygen atoms in total. The number of nitrogens with one attached hydrogen (secondary N) is 2. The molecular formula is C28H30N6O2. The molecule has 4 aromatic rings. The number of amides is 2. The van der Waals surface area contributed by atoms with E-state index in [-0.39, 0.29) is 18.4 Å². The van der Waals surface area contributed by atoms with Crippen LogP contribution in [0.25, 0.3) is 11.1 Å². The van der Waals surface area contributed by atoms with Crippen molar-refractivity contribution < 1.29 is 9.59 Å². The van der Waals surface area contributed by atoms with Crippen LogP contribution in [0.5, 0.6) is 0 Å². The van der Waals surface area contributed by atoms with E-state index in [1.807, 2.05) is 36.4 Å². The molecule has 4 rings (SSSR count). The second kappa shape index (κ2) is 11.4. The van der Waals surface area contributed by atoms with Gasteiger partial charge in [0, 0.05) is 30.1 Å². The zero-order valence-corrected chi connectivity index (χ0v) is 20.4. The molecule has 0 spiro atoms. The van der Waals surface area contributed by atoms with E-state index in [9.17, 15) is 9.59 Å². The topological polar surface area (TPSA) is 115 Å². The fourth-order valence-electron chi connectivity index (χ4n) is 3.91. The van der Waals surface area contributed by atoms with Gasteiger partial charge in [0.2, 0.25) is 11.8 Å². The molecule has 2 aromatic heterocycles. The van der Waals surface area contributed by atoms with Gasteiger partial charge in [-0.1, -0.05) is 67.1 Å². The average molecular weight is 483 g/mol. The predicted molar refractivity (Wildman–Crippen MR) is 140 cm³/mol. The van der Waals surface area contributed by atoms with Gasteiger partial charge in [0.1, 0.15) is 18.4 Å². The lowest BCUT2D eigenvalue weighted by molar-refractivity contribution is -0.119. The molecule has 0 radical (unpaired) electrons. The molecule has 0 aliphatic heterocycles. The van der Waals surface area contributed by atoms with Crippen LogP contribution in [0.3, 0.4) is 0 Å². The Morgan fingerprint density at radius 3 is 2.36 bits per heavy atom. The maximum atomic E-state index is 13.3. The van der Waals surface area contributed by atoms with Gasteiger partial charge in [-0.05, 0) is 36.1 Å². The average Bonchev–Trinajstić information content (AvgIpc) is 3.33. The van der Waals surface area contributed by atoms with E-state index in [1.165, 1.54) is 15.8 Å². The second-order valence-electron chi connectivity index (χ2n) is 8.88. The van der Waals surface area contributed by atoms with Gasteiger partial charge in [-0.15, -0.1) is 0 Å². The molecule has 0 bridgehead atoms. The predicted octanol–water partition coefficient (Wildman–Crippen LogP) is 3.81. The Hall–Kier alpha value is -4.30. The second-order valence-corrected chi connectivity index (χ2v) is 8.88. The molecule has 36 heavy (non-hydrogen) atoms. The van der Waals surface area contributed by atoms with Crippen molar-refractivity contribution in [2.24, 2.45) is 5.73 Å². The van der Waals surface area contributed by atoms with Gasteiger partial charge in [-0.25, -0.2) is 4.98 Å². The van der Waals surface area contributed by atoms with Gasteiger partial charge in [0.05, 0.1) is 6.20 Å². The summed E-state index contributed by atoms with van der Waals surface area (Å²) >= 11 is 0. The summed E-state index contributed by atoms with van der Waals surface area (Å²) in [6.07, 6.45) is 5.03. The van der Waals surface area contributed by atoms with Crippen molar-refractivity contribution >= 4 is 17.6 Å². The van der Waals surface area contributed by atoms with Crippen molar-refractivity contribution in [1.29, 1.82) is 0 Å². The van der Waals surface area contributed by atoms with Crippen molar-refractivity contribution in [3.8, 4) is 11.1 Å². The van der Waals surface area contributed by atoms with Gasteiger partial charge in [-0.2, -0.15) is 5.10 Å². The number of carbonyl (C=O) groups is 2.